The van der Waals surface area contributed by atoms with Crippen LogP contribution < -0.4 is 0 Å². The molecule has 0 unspecified atom stereocenters. The zero-order valence-electron chi connectivity index (χ0n) is 4.14. The number of allylic oxidation sites excluding steroid dienone is 4. The molecule has 0 heterocycles. The normalized spacial score (nSPS) is 12.8. The number of rotatable bonds is 0. The van der Waals surface area contributed by atoms with Gasteiger partial charge in [0.05, 0.1) is 0 Å². The van der Waals surface area contributed by atoms with E-state index in [9.17, 15) is 5.33 Å². The zero-order valence-corrected chi connectivity index (χ0v) is 7.74. The van der Waals surface area contributed by atoms with Gasteiger partial charge in [-0.25, -0.2) is 0 Å². The number of halogens is 2. The molecular formula is C5H5F2Hf. The van der Waals surface area contributed by atoms with Crippen LogP contribution in [0.15, 0.2) is 24.3 Å². The van der Waals surface area contributed by atoms with Crippen molar-refractivity contribution in [2.24, 2.45) is 0 Å². The summed E-state index contributed by atoms with van der Waals surface area (Å²) in [5.74, 6) is 0. The van der Waals surface area contributed by atoms with Crippen molar-refractivity contribution in [2.75, 3.05) is 0 Å². The molecule has 1 radical (unpaired) electrons. The summed E-state index contributed by atoms with van der Waals surface area (Å²) in [7, 11) is 0. The van der Waals surface area contributed by atoms with Crippen molar-refractivity contribution in [3.05, 3.63) is 30.7 Å². The molecule has 0 aromatic heterocycles. The fourth-order valence-electron chi connectivity index (χ4n) is 0.321. The van der Waals surface area contributed by atoms with Gasteiger partial charge in [-0.05, 0) is 0 Å². The van der Waals surface area contributed by atoms with Crippen molar-refractivity contribution in [1.82, 2.24) is 0 Å². The Morgan fingerprint density at radius 3 is 1.38 bits per heavy atom. The van der Waals surface area contributed by atoms with Gasteiger partial charge < -0.3 is 0 Å². The van der Waals surface area contributed by atoms with Crippen LogP contribution in [0.2, 0.25) is 0 Å². The van der Waals surface area contributed by atoms with Crippen LogP contribution in [-0.4, -0.2) is 0 Å². The summed E-state index contributed by atoms with van der Waals surface area (Å²) < 4.78 is 19.6. The third-order valence-electron chi connectivity index (χ3n) is 0.556. The van der Waals surface area contributed by atoms with Crippen LogP contribution in [0.25, 0.3) is 0 Å². The molecule has 0 fully saturated rings. The SMILES string of the molecule is [CH]1C=CC=C1.[F][Hf][F]. The molecule has 3 heteroatoms. The van der Waals surface area contributed by atoms with Gasteiger partial charge in [-0.3, -0.25) is 0 Å². The first kappa shape index (κ1) is 8.21. The molecule has 0 saturated carbocycles. The Hall–Kier alpha value is 0.210. The molecule has 0 aliphatic heterocycles. The second-order valence-corrected chi connectivity index (χ2v) is 1.55. The van der Waals surface area contributed by atoms with E-state index >= 15 is 0 Å². The van der Waals surface area contributed by atoms with Crippen LogP contribution in [-0.2, 0) is 24.1 Å². The molecular weight excluding hydrogens is 277 g/mol. The number of hydrogen-bond acceptors (Lipinski definition) is 0. The molecule has 0 N–H and O–H groups in total. The first-order chi connectivity index (χ1) is 3.91. The molecule has 0 spiro atoms. The second kappa shape index (κ2) is 7.21. The third-order valence-corrected chi connectivity index (χ3v) is 0.556. The summed E-state index contributed by atoms with van der Waals surface area (Å²) in [6, 6.07) is 0. The standard InChI is InChI=1S/C5H5.2FH.Hf/c1-2-4-5-3-1;;;/h1-5H;2*1H;/q;;;+2/p-2. The van der Waals surface area contributed by atoms with Gasteiger partial charge in [0.25, 0.3) is 0 Å². The van der Waals surface area contributed by atoms with E-state index < -0.39 is 24.1 Å². The molecule has 1 aliphatic rings. The van der Waals surface area contributed by atoms with Crippen molar-refractivity contribution in [3.63, 3.8) is 0 Å². The first-order valence-corrected chi connectivity index (χ1v) is 4.76. The van der Waals surface area contributed by atoms with E-state index in [1.807, 2.05) is 30.7 Å². The Morgan fingerprint density at radius 1 is 0.875 bits per heavy atom. The Labute approximate surface area is 60.4 Å². The van der Waals surface area contributed by atoms with Crippen LogP contribution in [0.5, 0.6) is 0 Å². The first-order valence-electron chi connectivity index (χ1n) is 2.04. The summed E-state index contributed by atoms with van der Waals surface area (Å²) in [6.07, 6.45) is 10.0. The Balaban J connectivity index is 0.000000145. The van der Waals surface area contributed by atoms with Gasteiger partial charge in [-0.15, -0.1) is 0 Å². The Morgan fingerprint density at radius 2 is 1.25 bits per heavy atom. The van der Waals surface area contributed by atoms with Crippen molar-refractivity contribution < 1.29 is 29.4 Å². The fraction of sp³-hybridized carbons (Fsp3) is 0. The van der Waals surface area contributed by atoms with E-state index in [2.05, 4.69) is 0 Å². The zero-order chi connectivity index (χ0) is 6.24. The van der Waals surface area contributed by atoms with Gasteiger partial charge in [0, 0.05) is 6.42 Å². The average Bonchev–Trinajstić information content (AvgIpc) is 2.17. The van der Waals surface area contributed by atoms with Gasteiger partial charge in [0.15, 0.2) is 0 Å². The van der Waals surface area contributed by atoms with Crippen molar-refractivity contribution in [2.45, 2.75) is 0 Å². The van der Waals surface area contributed by atoms with Crippen LogP contribution in [0.1, 0.15) is 0 Å². The summed E-state index contributed by atoms with van der Waals surface area (Å²) in [6.45, 7) is 0. The molecule has 1 rings (SSSR count). The quantitative estimate of drug-likeness (QED) is 0.597. The Bertz CT molecular complexity index is 78.4. The van der Waals surface area contributed by atoms with Crippen molar-refractivity contribution >= 4 is 0 Å². The van der Waals surface area contributed by atoms with E-state index in [-0.39, 0.29) is 0 Å². The minimum absolute atomic E-state index is 2.00. The second-order valence-electron chi connectivity index (χ2n) is 1.03. The molecule has 0 amide bonds. The van der Waals surface area contributed by atoms with Crippen molar-refractivity contribution in [1.29, 1.82) is 0 Å². The molecule has 0 saturated heterocycles. The van der Waals surface area contributed by atoms with Gasteiger partial charge in [0.2, 0.25) is 0 Å². The van der Waals surface area contributed by atoms with Crippen LogP contribution in [0.4, 0.5) is 5.33 Å². The molecule has 0 nitrogen and oxygen atoms in total. The number of hydrogen-bond donors (Lipinski definition) is 0. The molecule has 8 heavy (non-hydrogen) atoms. The summed E-state index contributed by atoms with van der Waals surface area (Å²) >= 11 is -2.92. The van der Waals surface area contributed by atoms with Crippen LogP contribution in [0, 0.1) is 6.42 Å². The van der Waals surface area contributed by atoms with E-state index in [0.717, 1.165) is 0 Å². The summed E-state index contributed by atoms with van der Waals surface area (Å²) in [4.78, 5) is 0. The van der Waals surface area contributed by atoms with Crippen molar-refractivity contribution in [3.8, 4) is 0 Å². The third kappa shape index (κ3) is 6.21. The predicted molar refractivity (Wildman–Crippen MR) is 24.8 cm³/mol. The van der Waals surface area contributed by atoms with Crippen LogP contribution in [0.3, 0.4) is 0 Å². The van der Waals surface area contributed by atoms with Gasteiger partial charge >= 0.3 is 29.4 Å². The molecule has 0 bridgehead atoms. The molecule has 0 aromatic carbocycles. The fourth-order valence-corrected chi connectivity index (χ4v) is 0.321. The van der Waals surface area contributed by atoms with Gasteiger partial charge in [-0.2, -0.15) is 0 Å². The topological polar surface area (TPSA) is 0 Å². The molecule has 0 atom stereocenters. The molecule has 1 aliphatic carbocycles. The average molecular weight is 282 g/mol. The summed E-state index contributed by atoms with van der Waals surface area (Å²) in [5.41, 5.74) is 0. The van der Waals surface area contributed by atoms with E-state index in [0.29, 0.717) is 0 Å². The Kier molecular flexibility index (Phi) is 7.40. The molecule has 0 aromatic rings. The van der Waals surface area contributed by atoms with Gasteiger partial charge in [0.1, 0.15) is 0 Å². The van der Waals surface area contributed by atoms with Crippen LogP contribution >= 0.6 is 0 Å². The van der Waals surface area contributed by atoms with E-state index in [1.165, 1.54) is 0 Å². The minimum atomic E-state index is -2.92. The van der Waals surface area contributed by atoms with Gasteiger partial charge in [-0.1, -0.05) is 24.3 Å². The maximum atomic E-state index is 9.82. The van der Waals surface area contributed by atoms with E-state index in [1.54, 1.807) is 0 Å². The monoisotopic (exact) mass is 283 g/mol. The van der Waals surface area contributed by atoms with E-state index in [4.69, 9.17) is 0 Å². The summed E-state index contributed by atoms with van der Waals surface area (Å²) in [5, 5.41) is 0. The molecule has 43 valence electrons. The predicted octanol–water partition coefficient (Wildman–Crippen LogP) is 2.15. The maximum absolute atomic E-state index is 9.82.